The Labute approximate surface area is 132 Å². The number of hydrogen-bond donors (Lipinski definition) is 1. The van der Waals surface area contributed by atoms with Crippen molar-refractivity contribution < 1.29 is 12.9 Å². The van der Waals surface area contributed by atoms with E-state index >= 15 is 0 Å². The second kappa shape index (κ2) is 6.29. The fourth-order valence-electron chi connectivity index (χ4n) is 3.88. The summed E-state index contributed by atoms with van der Waals surface area (Å²) in [7, 11) is -3.47. The fraction of sp³-hybridized carbons (Fsp3) is 0.800. The van der Waals surface area contributed by atoms with E-state index < -0.39 is 10.0 Å². The lowest BCUT2D eigenvalue weighted by Gasteiger charge is -2.37. The van der Waals surface area contributed by atoms with Gasteiger partial charge in [0.05, 0.1) is 0 Å². The maximum atomic E-state index is 12.8. The van der Waals surface area contributed by atoms with Crippen LogP contribution in [-0.2, 0) is 10.0 Å². The predicted octanol–water partition coefficient (Wildman–Crippen LogP) is 1.69. The highest BCUT2D eigenvalue weighted by atomic mass is 32.2. The highest BCUT2D eigenvalue weighted by Crippen LogP contribution is 2.33. The molecule has 0 amide bonds. The van der Waals surface area contributed by atoms with E-state index in [-0.39, 0.29) is 4.90 Å². The van der Waals surface area contributed by atoms with Gasteiger partial charge in [0.15, 0.2) is 5.76 Å². The molecule has 1 aromatic heterocycles. The van der Waals surface area contributed by atoms with E-state index in [9.17, 15) is 8.42 Å². The first-order valence-electron chi connectivity index (χ1n) is 8.14. The minimum Gasteiger partial charge on any atom is -0.360 e. The van der Waals surface area contributed by atoms with Gasteiger partial charge in [-0.2, -0.15) is 4.31 Å². The second-order valence-electron chi connectivity index (χ2n) is 6.48. The van der Waals surface area contributed by atoms with Gasteiger partial charge in [-0.05, 0) is 64.5 Å². The highest BCUT2D eigenvalue weighted by molar-refractivity contribution is 7.89. The van der Waals surface area contributed by atoms with Gasteiger partial charge >= 0.3 is 0 Å². The molecule has 6 nitrogen and oxygen atoms in total. The molecule has 1 N–H and O–H groups in total. The lowest BCUT2D eigenvalue weighted by Crippen LogP contribution is -2.42. The predicted molar refractivity (Wildman–Crippen MR) is 83.1 cm³/mol. The smallest absolute Gasteiger partial charge is 0.248 e. The molecule has 0 bridgehead atoms. The molecule has 2 aliphatic rings. The second-order valence-corrected chi connectivity index (χ2v) is 8.36. The lowest BCUT2D eigenvalue weighted by atomic mass is 9.79. The third kappa shape index (κ3) is 2.94. The van der Waals surface area contributed by atoms with Crippen LogP contribution < -0.4 is 5.32 Å². The van der Waals surface area contributed by atoms with Gasteiger partial charge in [-0.25, -0.2) is 8.42 Å². The van der Waals surface area contributed by atoms with Crippen LogP contribution >= 0.6 is 0 Å². The largest absolute Gasteiger partial charge is 0.360 e. The number of rotatable bonds is 3. The van der Waals surface area contributed by atoms with Crippen LogP contribution in [0, 0.1) is 25.7 Å². The van der Waals surface area contributed by atoms with Crippen molar-refractivity contribution in [2.24, 2.45) is 11.8 Å². The van der Waals surface area contributed by atoms with Crippen LogP contribution in [0.4, 0.5) is 0 Å². The number of sulfonamides is 1. The molecule has 0 saturated carbocycles. The summed E-state index contributed by atoms with van der Waals surface area (Å²) >= 11 is 0. The van der Waals surface area contributed by atoms with Gasteiger partial charge in [-0.1, -0.05) is 5.16 Å². The minimum atomic E-state index is -3.47. The first-order chi connectivity index (χ1) is 10.5. The van der Waals surface area contributed by atoms with Gasteiger partial charge < -0.3 is 9.84 Å². The van der Waals surface area contributed by atoms with Crippen LogP contribution in [0.1, 0.15) is 37.1 Å². The number of aromatic nitrogens is 1. The molecule has 0 radical (unpaired) electrons. The summed E-state index contributed by atoms with van der Waals surface area (Å²) in [5.41, 5.74) is 0.456. The van der Waals surface area contributed by atoms with Gasteiger partial charge in [-0.15, -0.1) is 0 Å². The zero-order valence-electron chi connectivity index (χ0n) is 13.3. The van der Waals surface area contributed by atoms with Gasteiger partial charge in [-0.3, -0.25) is 0 Å². The molecular weight excluding hydrogens is 302 g/mol. The average Bonchev–Trinajstić information content (AvgIpc) is 2.88. The third-order valence-electron chi connectivity index (χ3n) is 5.11. The molecule has 2 aliphatic heterocycles. The Balaban J connectivity index is 1.68. The molecule has 0 spiro atoms. The Morgan fingerprint density at radius 1 is 1.09 bits per heavy atom. The van der Waals surface area contributed by atoms with Crippen molar-refractivity contribution in [3.05, 3.63) is 11.5 Å². The first kappa shape index (κ1) is 16.0. The van der Waals surface area contributed by atoms with Crippen LogP contribution in [0.15, 0.2) is 9.42 Å². The molecule has 2 fully saturated rings. The van der Waals surface area contributed by atoms with E-state index in [4.69, 9.17) is 4.52 Å². The summed E-state index contributed by atoms with van der Waals surface area (Å²) in [6.07, 6.45) is 4.38. The highest BCUT2D eigenvalue weighted by Gasteiger charge is 2.35. The van der Waals surface area contributed by atoms with Crippen molar-refractivity contribution in [3.63, 3.8) is 0 Å². The zero-order valence-corrected chi connectivity index (χ0v) is 14.2. The molecule has 2 saturated heterocycles. The Morgan fingerprint density at radius 2 is 1.68 bits per heavy atom. The normalized spacial score (nSPS) is 23.0. The molecule has 0 unspecified atom stereocenters. The van der Waals surface area contributed by atoms with Crippen molar-refractivity contribution in [1.29, 1.82) is 0 Å². The molecule has 0 aromatic carbocycles. The maximum absolute atomic E-state index is 12.8. The van der Waals surface area contributed by atoms with E-state index in [0.717, 1.165) is 31.8 Å². The number of hydrogen-bond acceptors (Lipinski definition) is 5. The molecule has 22 heavy (non-hydrogen) atoms. The van der Waals surface area contributed by atoms with E-state index in [2.05, 4.69) is 10.5 Å². The third-order valence-corrected chi connectivity index (χ3v) is 7.26. The van der Waals surface area contributed by atoms with Crippen molar-refractivity contribution in [3.8, 4) is 0 Å². The lowest BCUT2D eigenvalue weighted by molar-refractivity contribution is 0.176. The molecule has 3 rings (SSSR count). The number of aryl methyl sites for hydroxylation is 2. The molecule has 3 heterocycles. The van der Waals surface area contributed by atoms with E-state index in [1.165, 1.54) is 12.8 Å². The number of piperidine rings is 2. The standard InChI is InChI=1S/C15H25N3O3S/c1-11-15(12(2)21-17-11)22(19,20)18-9-5-14(6-10-18)13-3-7-16-8-4-13/h13-14,16H,3-10H2,1-2H3. The van der Waals surface area contributed by atoms with Gasteiger partial charge in [0.25, 0.3) is 0 Å². The summed E-state index contributed by atoms with van der Waals surface area (Å²) in [6, 6.07) is 0. The zero-order chi connectivity index (χ0) is 15.7. The average molecular weight is 327 g/mol. The van der Waals surface area contributed by atoms with Crippen molar-refractivity contribution in [2.45, 2.75) is 44.4 Å². The topological polar surface area (TPSA) is 75.4 Å². The number of nitrogens with one attached hydrogen (secondary N) is 1. The van der Waals surface area contributed by atoms with Crippen LogP contribution in [-0.4, -0.2) is 44.1 Å². The Hall–Kier alpha value is -0.920. The van der Waals surface area contributed by atoms with Gasteiger partial charge in [0, 0.05) is 13.1 Å². The molecular formula is C15H25N3O3S. The van der Waals surface area contributed by atoms with Crippen LogP contribution in [0.3, 0.4) is 0 Å². The summed E-state index contributed by atoms with van der Waals surface area (Å²) in [4.78, 5) is 0.257. The van der Waals surface area contributed by atoms with Crippen molar-refractivity contribution in [1.82, 2.24) is 14.8 Å². The monoisotopic (exact) mass is 327 g/mol. The Morgan fingerprint density at radius 3 is 2.23 bits per heavy atom. The van der Waals surface area contributed by atoms with E-state index in [1.54, 1.807) is 18.2 Å². The quantitative estimate of drug-likeness (QED) is 0.914. The van der Waals surface area contributed by atoms with Crippen molar-refractivity contribution in [2.75, 3.05) is 26.2 Å². The van der Waals surface area contributed by atoms with Crippen LogP contribution in [0.2, 0.25) is 0 Å². The van der Waals surface area contributed by atoms with Crippen molar-refractivity contribution >= 4 is 10.0 Å². The summed E-state index contributed by atoms with van der Waals surface area (Å²) in [6.45, 7) is 6.77. The fourth-order valence-corrected chi connectivity index (χ4v) is 5.64. The SMILES string of the molecule is Cc1noc(C)c1S(=O)(=O)N1CCC(C2CCNCC2)CC1. The minimum absolute atomic E-state index is 0.257. The Kier molecular flexibility index (Phi) is 4.56. The van der Waals surface area contributed by atoms with Gasteiger partial charge in [0.1, 0.15) is 10.6 Å². The van der Waals surface area contributed by atoms with E-state index in [0.29, 0.717) is 30.5 Å². The van der Waals surface area contributed by atoms with Crippen LogP contribution in [0.25, 0.3) is 0 Å². The summed E-state index contributed by atoms with van der Waals surface area (Å²) in [5, 5.41) is 7.17. The summed E-state index contributed by atoms with van der Waals surface area (Å²) < 4.78 is 32.2. The number of nitrogens with zero attached hydrogens (tertiary/aromatic N) is 2. The summed E-state index contributed by atoms with van der Waals surface area (Å²) in [5.74, 6) is 1.81. The molecule has 0 atom stereocenters. The molecule has 0 aliphatic carbocycles. The van der Waals surface area contributed by atoms with Gasteiger partial charge in [0.2, 0.25) is 10.0 Å². The first-order valence-corrected chi connectivity index (χ1v) is 9.58. The maximum Gasteiger partial charge on any atom is 0.248 e. The molecule has 124 valence electrons. The Bertz CT molecular complexity index is 592. The molecule has 7 heteroatoms. The van der Waals surface area contributed by atoms with Crippen LogP contribution in [0.5, 0.6) is 0 Å². The van der Waals surface area contributed by atoms with E-state index in [1.807, 2.05) is 0 Å². The molecule has 1 aromatic rings.